The summed E-state index contributed by atoms with van der Waals surface area (Å²) in [6.45, 7) is 2.67. The summed E-state index contributed by atoms with van der Waals surface area (Å²) in [5.74, 6) is 0.911. The van der Waals surface area contributed by atoms with Crippen LogP contribution < -0.4 is 9.46 Å². The van der Waals surface area contributed by atoms with E-state index < -0.39 is 10.0 Å². The molecule has 0 saturated carbocycles. The van der Waals surface area contributed by atoms with Crippen LogP contribution in [0.2, 0.25) is 0 Å². The van der Waals surface area contributed by atoms with Gasteiger partial charge >= 0.3 is 0 Å². The lowest BCUT2D eigenvalue weighted by Crippen LogP contribution is -2.48. The average Bonchev–Trinajstić information content (AvgIpc) is 3.12. The van der Waals surface area contributed by atoms with E-state index in [0.717, 1.165) is 22.4 Å². The number of fused-ring (bicyclic) bond motifs is 5. The normalized spacial score (nSPS) is 22.2. The second-order valence-corrected chi connectivity index (χ2v) is 9.97. The molecule has 6 nitrogen and oxygen atoms in total. The Bertz CT molecular complexity index is 1020. The summed E-state index contributed by atoms with van der Waals surface area (Å²) in [4.78, 5) is 14.8. The van der Waals surface area contributed by atoms with Crippen LogP contribution in [-0.4, -0.2) is 50.2 Å². The van der Waals surface area contributed by atoms with Gasteiger partial charge < -0.3 is 9.64 Å². The molecule has 2 atom stereocenters. The Labute approximate surface area is 178 Å². The van der Waals surface area contributed by atoms with Crippen molar-refractivity contribution in [3.05, 3.63) is 54.1 Å². The van der Waals surface area contributed by atoms with Gasteiger partial charge in [-0.15, -0.1) is 0 Å². The largest absolute Gasteiger partial charge is 0.493 e. The molecule has 7 heteroatoms. The summed E-state index contributed by atoms with van der Waals surface area (Å²) >= 11 is 0. The third-order valence-electron chi connectivity index (χ3n) is 5.94. The fourth-order valence-corrected chi connectivity index (χ4v) is 5.26. The number of rotatable bonds is 3. The lowest BCUT2D eigenvalue weighted by Gasteiger charge is -2.29. The zero-order valence-electron chi connectivity index (χ0n) is 17.2. The summed E-state index contributed by atoms with van der Waals surface area (Å²) in [7, 11) is -3.34. The predicted molar refractivity (Wildman–Crippen MR) is 117 cm³/mol. The minimum absolute atomic E-state index is 0.0355. The number of hydrogen-bond acceptors (Lipinski definition) is 4. The van der Waals surface area contributed by atoms with Crippen molar-refractivity contribution in [2.75, 3.05) is 18.9 Å². The summed E-state index contributed by atoms with van der Waals surface area (Å²) in [6.07, 6.45) is 2.26. The maximum atomic E-state index is 12.9. The van der Waals surface area contributed by atoms with Crippen LogP contribution in [0.3, 0.4) is 0 Å². The average molecular weight is 429 g/mol. The number of para-hydroxylation sites is 1. The first-order valence-electron chi connectivity index (χ1n) is 10.6. The van der Waals surface area contributed by atoms with Gasteiger partial charge in [0.1, 0.15) is 5.75 Å². The van der Waals surface area contributed by atoms with Gasteiger partial charge in [-0.05, 0) is 43.4 Å². The maximum Gasteiger partial charge on any atom is 0.223 e. The molecule has 2 bridgehead atoms. The highest BCUT2D eigenvalue weighted by Gasteiger charge is 2.38. The molecule has 2 aromatic carbocycles. The van der Waals surface area contributed by atoms with Gasteiger partial charge in [0.05, 0.1) is 18.4 Å². The lowest BCUT2D eigenvalue weighted by molar-refractivity contribution is -0.132. The number of hydrogen-bond donors (Lipinski definition) is 1. The fraction of sp³-hybridized carbons (Fsp3) is 0.435. The highest BCUT2D eigenvalue weighted by Crippen LogP contribution is 2.32. The number of sulfonamides is 1. The van der Waals surface area contributed by atoms with Crippen LogP contribution in [0, 0.1) is 0 Å². The minimum Gasteiger partial charge on any atom is -0.493 e. The lowest BCUT2D eigenvalue weighted by atomic mass is 9.96. The Morgan fingerprint density at radius 1 is 1.17 bits per heavy atom. The third kappa shape index (κ3) is 4.52. The maximum absolute atomic E-state index is 12.9. The Balaban J connectivity index is 1.70. The quantitative estimate of drug-likeness (QED) is 0.816. The molecular weight excluding hydrogens is 400 g/mol. The third-order valence-corrected chi connectivity index (χ3v) is 7.36. The number of amides is 1. The van der Waals surface area contributed by atoms with Gasteiger partial charge in [-0.3, -0.25) is 4.79 Å². The first kappa shape index (κ1) is 20.9. The molecule has 1 amide bonds. The van der Waals surface area contributed by atoms with E-state index >= 15 is 0 Å². The Morgan fingerprint density at radius 3 is 2.83 bits per heavy atom. The van der Waals surface area contributed by atoms with Crippen molar-refractivity contribution in [1.29, 1.82) is 0 Å². The van der Waals surface area contributed by atoms with E-state index in [2.05, 4.69) is 16.9 Å². The molecule has 1 fully saturated rings. The molecule has 2 aromatic rings. The summed E-state index contributed by atoms with van der Waals surface area (Å²) in [5.41, 5.74) is 3.16. The van der Waals surface area contributed by atoms with Crippen molar-refractivity contribution in [3.8, 4) is 16.9 Å². The number of nitrogens with one attached hydrogen (secondary N) is 1. The number of nitrogens with zero attached hydrogens (tertiary/aromatic N) is 1. The molecule has 4 rings (SSSR count). The van der Waals surface area contributed by atoms with Crippen LogP contribution in [0.15, 0.2) is 48.5 Å². The van der Waals surface area contributed by atoms with E-state index in [1.54, 1.807) is 6.92 Å². The van der Waals surface area contributed by atoms with Gasteiger partial charge in [-0.2, -0.15) is 0 Å². The van der Waals surface area contributed by atoms with Gasteiger partial charge in [-0.1, -0.05) is 42.5 Å². The van der Waals surface area contributed by atoms with Crippen molar-refractivity contribution < 1.29 is 17.9 Å². The Kier molecular flexibility index (Phi) is 6.11. The Hall–Kier alpha value is -2.38. The SMILES string of the molecule is CCS(=O)(=O)N[C@H]1CCN2C(=O)CCCOc3ccccc3-c3cccc(c3)C[C@@H]12. The van der Waals surface area contributed by atoms with Crippen molar-refractivity contribution in [2.24, 2.45) is 0 Å². The molecule has 2 aliphatic heterocycles. The number of carbonyl (C=O) groups is 1. The second-order valence-electron chi connectivity index (χ2n) is 7.92. The topological polar surface area (TPSA) is 75.7 Å². The van der Waals surface area contributed by atoms with Crippen LogP contribution >= 0.6 is 0 Å². The Morgan fingerprint density at radius 2 is 2.00 bits per heavy atom. The van der Waals surface area contributed by atoms with Gasteiger partial charge in [0.15, 0.2) is 0 Å². The molecule has 0 radical (unpaired) electrons. The molecule has 2 heterocycles. The molecule has 30 heavy (non-hydrogen) atoms. The molecule has 160 valence electrons. The van der Waals surface area contributed by atoms with Gasteiger partial charge in [0.25, 0.3) is 0 Å². The summed E-state index contributed by atoms with van der Waals surface area (Å²) in [5, 5.41) is 0. The fourth-order valence-electron chi connectivity index (χ4n) is 4.35. The van der Waals surface area contributed by atoms with E-state index in [0.29, 0.717) is 38.8 Å². The van der Waals surface area contributed by atoms with Crippen LogP contribution in [0.25, 0.3) is 11.1 Å². The number of ether oxygens (including phenoxy) is 1. The van der Waals surface area contributed by atoms with Crippen LogP contribution in [0.4, 0.5) is 0 Å². The molecule has 0 aromatic heterocycles. The second kappa shape index (κ2) is 8.78. The van der Waals surface area contributed by atoms with Crippen LogP contribution in [-0.2, 0) is 21.2 Å². The first-order valence-corrected chi connectivity index (χ1v) is 12.2. The smallest absolute Gasteiger partial charge is 0.223 e. The minimum atomic E-state index is -3.34. The summed E-state index contributed by atoms with van der Waals surface area (Å²) in [6, 6.07) is 15.7. The molecule has 1 saturated heterocycles. The van der Waals surface area contributed by atoms with Gasteiger partial charge in [-0.25, -0.2) is 13.1 Å². The van der Waals surface area contributed by atoms with E-state index in [9.17, 15) is 13.2 Å². The predicted octanol–water partition coefficient (Wildman–Crippen LogP) is 2.98. The zero-order valence-corrected chi connectivity index (χ0v) is 18.0. The van der Waals surface area contributed by atoms with Crippen molar-refractivity contribution in [2.45, 2.75) is 44.7 Å². The van der Waals surface area contributed by atoms with Crippen molar-refractivity contribution in [3.63, 3.8) is 0 Å². The van der Waals surface area contributed by atoms with E-state index in [1.807, 2.05) is 41.3 Å². The first-order chi connectivity index (χ1) is 14.5. The molecule has 0 unspecified atom stereocenters. The van der Waals surface area contributed by atoms with Crippen LogP contribution in [0.1, 0.15) is 31.7 Å². The van der Waals surface area contributed by atoms with Crippen LogP contribution in [0.5, 0.6) is 5.75 Å². The van der Waals surface area contributed by atoms with Crippen molar-refractivity contribution in [1.82, 2.24) is 9.62 Å². The standard InChI is InChI=1S/C23H28N2O4S/c1-2-30(27,28)24-20-12-13-25-21(20)16-17-7-5-8-18(15-17)19-9-3-4-10-22(19)29-14-6-11-23(25)26/h3-5,7-10,15,20-21,24H,2,6,11-14,16H2,1H3/t20-,21-/m0/s1. The zero-order chi connectivity index (χ0) is 21.1. The molecule has 2 aliphatic rings. The van der Waals surface area contributed by atoms with Gasteiger partial charge in [0, 0.05) is 24.6 Å². The monoisotopic (exact) mass is 428 g/mol. The summed E-state index contributed by atoms with van der Waals surface area (Å²) < 4.78 is 33.3. The van der Waals surface area contributed by atoms with E-state index in [-0.39, 0.29) is 23.7 Å². The molecular formula is C23H28N2O4S. The number of carbonyl (C=O) groups excluding carboxylic acids is 1. The number of benzene rings is 2. The van der Waals surface area contributed by atoms with Crippen molar-refractivity contribution >= 4 is 15.9 Å². The molecule has 0 aliphatic carbocycles. The highest BCUT2D eigenvalue weighted by atomic mass is 32.2. The highest BCUT2D eigenvalue weighted by molar-refractivity contribution is 7.89. The molecule has 0 spiro atoms. The van der Waals surface area contributed by atoms with Gasteiger partial charge in [0.2, 0.25) is 15.9 Å². The van der Waals surface area contributed by atoms with E-state index in [4.69, 9.17) is 4.74 Å². The van der Waals surface area contributed by atoms with E-state index in [1.165, 1.54) is 0 Å². The molecule has 1 N–H and O–H groups in total.